The van der Waals surface area contributed by atoms with Crippen LogP contribution in [0.3, 0.4) is 0 Å². The van der Waals surface area contributed by atoms with Gasteiger partial charge in [0.1, 0.15) is 0 Å². The van der Waals surface area contributed by atoms with Crippen LogP contribution in [0.2, 0.25) is 0 Å². The van der Waals surface area contributed by atoms with Gasteiger partial charge in [-0.05, 0) is 43.5 Å². The number of benzene rings is 1. The first-order valence-corrected chi connectivity index (χ1v) is 6.74. The lowest BCUT2D eigenvalue weighted by atomic mass is 9.75. The first-order valence-electron chi connectivity index (χ1n) is 6.74. The van der Waals surface area contributed by atoms with Crippen molar-refractivity contribution in [2.24, 2.45) is 5.92 Å². The lowest BCUT2D eigenvalue weighted by Crippen LogP contribution is -2.46. The van der Waals surface area contributed by atoms with Gasteiger partial charge in [-0.1, -0.05) is 18.2 Å². The first-order chi connectivity index (χ1) is 8.25. The Kier molecular flexibility index (Phi) is 2.83. The maximum absolute atomic E-state index is 2.64. The summed E-state index contributed by atoms with van der Waals surface area (Å²) < 4.78 is 0. The molecular formula is C15H22N2. The minimum Gasteiger partial charge on any atom is -0.377 e. The molecule has 2 heteroatoms. The van der Waals surface area contributed by atoms with Crippen LogP contribution in [0.4, 0.5) is 5.69 Å². The van der Waals surface area contributed by atoms with Gasteiger partial charge in [-0.2, -0.15) is 0 Å². The highest BCUT2D eigenvalue weighted by atomic mass is 15.1. The van der Waals surface area contributed by atoms with Gasteiger partial charge in [-0.25, -0.2) is 0 Å². The van der Waals surface area contributed by atoms with Crippen LogP contribution >= 0.6 is 0 Å². The monoisotopic (exact) mass is 230 g/mol. The highest BCUT2D eigenvalue weighted by molar-refractivity contribution is 5.54. The van der Waals surface area contributed by atoms with Crippen LogP contribution in [-0.4, -0.2) is 38.6 Å². The van der Waals surface area contributed by atoms with Crippen LogP contribution in [0.1, 0.15) is 24.3 Å². The molecule has 3 aliphatic rings. The molecule has 3 saturated heterocycles. The normalized spacial score (nSPS) is 31.5. The van der Waals surface area contributed by atoms with E-state index in [1.54, 1.807) is 5.56 Å². The molecule has 0 N–H and O–H groups in total. The fourth-order valence-electron chi connectivity index (χ4n) is 3.53. The van der Waals surface area contributed by atoms with E-state index in [9.17, 15) is 0 Å². The van der Waals surface area contributed by atoms with Crippen LogP contribution in [0.25, 0.3) is 0 Å². The lowest BCUT2D eigenvalue weighted by Gasteiger charge is -2.45. The SMILES string of the molecule is CN(C)c1ccccc1C1CN2CCC1CC2. The molecule has 2 bridgehead atoms. The molecule has 0 aromatic heterocycles. The van der Waals surface area contributed by atoms with Crippen molar-refractivity contribution in [3.63, 3.8) is 0 Å². The summed E-state index contributed by atoms with van der Waals surface area (Å²) in [5.41, 5.74) is 2.97. The molecule has 17 heavy (non-hydrogen) atoms. The number of anilines is 1. The zero-order chi connectivity index (χ0) is 11.8. The van der Waals surface area contributed by atoms with Gasteiger partial charge in [-0.15, -0.1) is 0 Å². The van der Waals surface area contributed by atoms with Crippen LogP contribution in [0.15, 0.2) is 24.3 Å². The van der Waals surface area contributed by atoms with Crippen molar-refractivity contribution in [3.8, 4) is 0 Å². The van der Waals surface area contributed by atoms with E-state index in [1.807, 2.05) is 0 Å². The quantitative estimate of drug-likeness (QED) is 0.770. The number of piperidine rings is 3. The van der Waals surface area contributed by atoms with E-state index in [0.29, 0.717) is 0 Å². The van der Waals surface area contributed by atoms with E-state index in [4.69, 9.17) is 0 Å². The van der Waals surface area contributed by atoms with Gasteiger partial charge in [0.2, 0.25) is 0 Å². The second-order valence-corrected chi connectivity index (χ2v) is 5.70. The topological polar surface area (TPSA) is 6.48 Å². The van der Waals surface area contributed by atoms with Gasteiger partial charge < -0.3 is 9.80 Å². The Bertz CT molecular complexity index is 392. The molecule has 1 aromatic carbocycles. The van der Waals surface area contributed by atoms with Crippen LogP contribution in [0.5, 0.6) is 0 Å². The second-order valence-electron chi connectivity index (χ2n) is 5.70. The Balaban J connectivity index is 1.93. The number of para-hydroxylation sites is 1. The fraction of sp³-hybridized carbons (Fsp3) is 0.600. The summed E-state index contributed by atoms with van der Waals surface area (Å²) in [4.78, 5) is 4.89. The fourth-order valence-corrected chi connectivity index (χ4v) is 3.53. The van der Waals surface area contributed by atoms with E-state index in [2.05, 4.69) is 48.2 Å². The zero-order valence-electron chi connectivity index (χ0n) is 10.9. The summed E-state index contributed by atoms with van der Waals surface area (Å²) in [5, 5.41) is 0. The molecule has 1 atom stereocenters. The number of rotatable bonds is 2. The Morgan fingerprint density at radius 3 is 2.41 bits per heavy atom. The average molecular weight is 230 g/mol. The number of nitrogens with zero attached hydrogens (tertiary/aromatic N) is 2. The van der Waals surface area contributed by atoms with E-state index < -0.39 is 0 Å². The van der Waals surface area contributed by atoms with Crippen molar-refractivity contribution in [2.75, 3.05) is 38.6 Å². The molecule has 0 saturated carbocycles. The largest absolute Gasteiger partial charge is 0.377 e. The van der Waals surface area contributed by atoms with E-state index in [0.717, 1.165) is 11.8 Å². The number of fused-ring (bicyclic) bond motifs is 3. The predicted octanol–water partition coefficient (Wildman–Crippen LogP) is 2.56. The molecule has 0 aliphatic carbocycles. The van der Waals surface area contributed by atoms with E-state index in [-0.39, 0.29) is 0 Å². The van der Waals surface area contributed by atoms with E-state index >= 15 is 0 Å². The summed E-state index contributed by atoms with van der Waals surface area (Å²) in [7, 11) is 4.31. The molecule has 92 valence electrons. The molecule has 0 spiro atoms. The molecule has 0 radical (unpaired) electrons. The van der Waals surface area contributed by atoms with Gasteiger partial charge >= 0.3 is 0 Å². The maximum atomic E-state index is 2.64. The van der Waals surface area contributed by atoms with Gasteiger partial charge in [0.05, 0.1) is 0 Å². The Labute approximate surface area is 104 Å². The summed E-state index contributed by atoms with van der Waals surface area (Å²) in [6.45, 7) is 3.92. The van der Waals surface area contributed by atoms with Crippen molar-refractivity contribution < 1.29 is 0 Å². The van der Waals surface area contributed by atoms with Crippen molar-refractivity contribution in [3.05, 3.63) is 29.8 Å². The van der Waals surface area contributed by atoms with Gasteiger partial charge in [0, 0.05) is 32.2 Å². The average Bonchev–Trinajstić information content (AvgIpc) is 2.40. The highest BCUT2D eigenvalue weighted by Crippen LogP contribution is 2.41. The molecule has 1 aromatic rings. The second kappa shape index (κ2) is 4.34. The molecule has 3 aliphatic heterocycles. The molecule has 1 unspecified atom stereocenters. The molecular weight excluding hydrogens is 208 g/mol. The smallest absolute Gasteiger partial charge is 0.0397 e. The molecule has 2 nitrogen and oxygen atoms in total. The zero-order valence-corrected chi connectivity index (χ0v) is 10.9. The molecule has 0 amide bonds. The summed E-state index contributed by atoms with van der Waals surface area (Å²) in [5.74, 6) is 1.68. The maximum Gasteiger partial charge on any atom is 0.0397 e. The third kappa shape index (κ3) is 1.95. The minimum absolute atomic E-state index is 0.760. The van der Waals surface area contributed by atoms with Gasteiger partial charge in [-0.3, -0.25) is 0 Å². The predicted molar refractivity (Wildman–Crippen MR) is 72.7 cm³/mol. The lowest BCUT2D eigenvalue weighted by molar-refractivity contribution is 0.0873. The van der Waals surface area contributed by atoms with Crippen molar-refractivity contribution in [1.29, 1.82) is 0 Å². The molecule has 3 fully saturated rings. The standard InChI is InChI=1S/C15H22N2/c1-16(2)15-6-4-3-5-13(15)14-11-17-9-7-12(14)8-10-17/h3-6,12,14H,7-11H2,1-2H3. The third-order valence-electron chi connectivity index (χ3n) is 4.47. The summed E-state index contributed by atoms with van der Waals surface area (Å²) >= 11 is 0. The van der Waals surface area contributed by atoms with Crippen molar-refractivity contribution in [2.45, 2.75) is 18.8 Å². The number of hydrogen-bond donors (Lipinski definition) is 0. The molecule has 3 heterocycles. The van der Waals surface area contributed by atoms with E-state index in [1.165, 1.54) is 38.2 Å². The first kappa shape index (κ1) is 11.1. The Morgan fingerprint density at radius 2 is 1.82 bits per heavy atom. The number of hydrogen-bond acceptors (Lipinski definition) is 2. The van der Waals surface area contributed by atoms with Crippen LogP contribution in [0, 0.1) is 5.92 Å². The highest BCUT2D eigenvalue weighted by Gasteiger charge is 2.35. The van der Waals surface area contributed by atoms with Crippen molar-refractivity contribution >= 4 is 5.69 Å². The summed E-state index contributed by atoms with van der Waals surface area (Å²) in [6.07, 6.45) is 2.79. The Morgan fingerprint density at radius 1 is 1.12 bits per heavy atom. The Hall–Kier alpha value is -1.02. The third-order valence-corrected chi connectivity index (χ3v) is 4.47. The van der Waals surface area contributed by atoms with Gasteiger partial charge in [0.15, 0.2) is 0 Å². The van der Waals surface area contributed by atoms with Crippen LogP contribution in [-0.2, 0) is 0 Å². The minimum atomic E-state index is 0.760. The molecule has 4 rings (SSSR count). The van der Waals surface area contributed by atoms with Crippen molar-refractivity contribution in [1.82, 2.24) is 4.90 Å². The van der Waals surface area contributed by atoms with Crippen LogP contribution < -0.4 is 4.90 Å². The van der Waals surface area contributed by atoms with Gasteiger partial charge in [0.25, 0.3) is 0 Å². The summed E-state index contributed by atoms with van der Waals surface area (Å²) in [6, 6.07) is 8.94.